The smallest absolute Gasteiger partial charge is 0.280 e. The first-order valence-electron chi connectivity index (χ1n) is 5.80. The van der Waals surface area contributed by atoms with Crippen LogP contribution >= 0.6 is 0 Å². The number of nitrogens with zero attached hydrogens (tertiary/aromatic N) is 2. The summed E-state index contributed by atoms with van der Waals surface area (Å²) in [4.78, 5) is 6.37. The zero-order valence-corrected chi connectivity index (χ0v) is 10.8. The molecule has 1 rings (SSSR count). The molecule has 0 aromatic rings. The van der Waals surface area contributed by atoms with Crippen LogP contribution in [0.3, 0.4) is 0 Å². The highest BCUT2D eigenvalue weighted by Gasteiger charge is 2.26. The molecular weight excluding hydrogens is 188 g/mol. The molecule has 1 fully saturated rings. The molecule has 0 N–H and O–H groups in total. The van der Waals surface area contributed by atoms with E-state index in [2.05, 4.69) is 29.7 Å². The van der Waals surface area contributed by atoms with E-state index in [-0.39, 0.29) is 5.41 Å². The fourth-order valence-electron chi connectivity index (χ4n) is 1.66. The molecule has 3 nitrogen and oxygen atoms in total. The third kappa shape index (κ3) is 6.48. The molecule has 3 heteroatoms. The summed E-state index contributed by atoms with van der Waals surface area (Å²) in [6.45, 7) is 13.1. The van der Waals surface area contributed by atoms with Crippen LogP contribution in [0, 0.1) is 11.5 Å². The number of hydrogen-bond donors (Lipinski definition) is 0. The number of rotatable bonds is 2. The molecule has 1 aliphatic heterocycles. The Morgan fingerprint density at radius 1 is 1.27 bits per heavy atom. The first kappa shape index (κ1) is 14.4. The van der Waals surface area contributed by atoms with Gasteiger partial charge in [0, 0.05) is 19.6 Å². The van der Waals surface area contributed by atoms with Crippen molar-refractivity contribution in [2.45, 2.75) is 27.7 Å². The van der Waals surface area contributed by atoms with Crippen LogP contribution in [-0.4, -0.2) is 44.8 Å². The average Bonchev–Trinajstić information content (AvgIpc) is 2.21. The van der Waals surface area contributed by atoms with Gasteiger partial charge in [0.2, 0.25) is 0 Å². The number of ether oxygens (including phenoxy) is 1. The van der Waals surface area contributed by atoms with Gasteiger partial charge in [0.25, 0.3) is 13.1 Å². The van der Waals surface area contributed by atoms with Crippen LogP contribution in [0.2, 0.25) is 0 Å². The Kier molecular flexibility index (Phi) is 7.37. The average molecular weight is 213 g/mol. The predicted molar refractivity (Wildman–Crippen MR) is 65.6 cm³/mol. The third-order valence-electron chi connectivity index (χ3n) is 2.14. The Labute approximate surface area is 94.2 Å². The molecule has 0 aromatic heterocycles. The van der Waals surface area contributed by atoms with Crippen LogP contribution in [0.4, 0.5) is 0 Å². The highest BCUT2D eigenvalue weighted by molar-refractivity contribution is 5.01. The van der Waals surface area contributed by atoms with E-state index in [1.54, 1.807) is 7.05 Å². The van der Waals surface area contributed by atoms with E-state index in [9.17, 15) is 0 Å². The SMILES string of the molecule is CC.C[N+]#CC(C)(C)CN1CCOCC1. The standard InChI is InChI=1S/C10H19N2O.C2H6/c1-10(2,8-11-3)9-12-4-6-13-7-5-12;1-2/h4-7,9H2,1-3H3;1-2H3/q+1;. The molecule has 1 heterocycles. The summed E-state index contributed by atoms with van der Waals surface area (Å²) in [7, 11) is 1.78. The van der Waals surface area contributed by atoms with Crippen LogP contribution < -0.4 is 0 Å². The van der Waals surface area contributed by atoms with Crippen LogP contribution in [0.5, 0.6) is 0 Å². The summed E-state index contributed by atoms with van der Waals surface area (Å²) in [6, 6.07) is 3.11. The normalized spacial score (nSPS) is 17.1. The molecule has 0 unspecified atom stereocenters. The number of hydrogen-bond acceptors (Lipinski definition) is 2. The first-order chi connectivity index (χ1) is 7.14. The van der Waals surface area contributed by atoms with Crippen molar-refractivity contribution in [2.75, 3.05) is 39.9 Å². The fourth-order valence-corrected chi connectivity index (χ4v) is 1.66. The highest BCUT2D eigenvalue weighted by Crippen LogP contribution is 2.16. The van der Waals surface area contributed by atoms with Gasteiger partial charge in [-0.15, -0.1) is 0 Å². The summed E-state index contributed by atoms with van der Waals surface area (Å²) in [6.07, 6.45) is 0. The van der Waals surface area contributed by atoms with Gasteiger partial charge in [0.15, 0.2) is 0 Å². The van der Waals surface area contributed by atoms with Gasteiger partial charge >= 0.3 is 0 Å². The van der Waals surface area contributed by atoms with Gasteiger partial charge in [-0.2, -0.15) is 0 Å². The van der Waals surface area contributed by atoms with E-state index in [1.807, 2.05) is 13.8 Å². The van der Waals surface area contributed by atoms with E-state index >= 15 is 0 Å². The lowest BCUT2D eigenvalue weighted by molar-refractivity contribution is 0.0276. The Balaban J connectivity index is 0.000000921. The quantitative estimate of drug-likeness (QED) is 0.700. The summed E-state index contributed by atoms with van der Waals surface area (Å²) < 4.78 is 5.29. The molecule has 0 amide bonds. The van der Waals surface area contributed by atoms with E-state index in [4.69, 9.17) is 4.74 Å². The highest BCUT2D eigenvalue weighted by atomic mass is 16.5. The lowest BCUT2D eigenvalue weighted by Crippen LogP contribution is -2.41. The maximum atomic E-state index is 5.29. The van der Waals surface area contributed by atoms with Crippen LogP contribution in [-0.2, 0) is 4.74 Å². The lowest BCUT2D eigenvalue weighted by Gasteiger charge is -2.29. The second-order valence-corrected chi connectivity index (χ2v) is 4.11. The predicted octanol–water partition coefficient (Wildman–Crippen LogP) is 2.33. The van der Waals surface area contributed by atoms with Gasteiger partial charge in [-0.1, -0.05) is 18.7 Å². The van der Waals surface area contributed by atoms with Gasteiger partial charge in [0.05, 0.1) is 13.2 Å². The van der Waals surface area contributed by atoms with Crippen LogP contribution in [0.25, 0.3) is 4.85 Å². The van der Waals surface area contributed by atoms with E-state index in [1.165, 1.54) is 0 Å². The largest absolute Gasteiger partial charge is 0.379 e. The van der Waals surface area contributed by atoms with E-state index in [0.29, 0.717) is 0 Å². The molecule has 0 spiro atoms. The van der Waals surface area contributed by atoms with Crippen molar-refractivity contribution in [3.63, 3.8) is 0 Å². The Morgan fingerprint density at radius 2 is 1.80 bits per heavy atom. The van der Waals surface area contributed by atoms with Crippen molar-refractivity contribution < 1.29 is 4.74 Å². The molecule has 0 saturated carbocycles. The zero-order valence-electron chi connectivity index (χ0n) is 10.8. The van der Waals surface area contributed by atoms with E-state index in [0.717, 1.165) is 32.8 Å². The van der Waals surface area contributed by atoms with Gasteiger partial charge in [-0.3, -0.25) is 4.90 Å². The number of morpholine rings is 1. The Hall–Kier alpha value is -0.590. The van der Waals surface area contributed by atoms with Crippen molar-refractivity contribution in [3.8, 4) is 6.07 Å². The molecule has 88 valence electrons. The molecule has 0 radical (unpaired) electrons. The molecule has 0 aromatic carbocycles. The lowest BCUT2D eigenvalue weighted by atomic mass is 9.95. The van der Waals surface area contributed by atoms with Crippen LogP contribution in [0.1, 0.15) is 27.7 Å². The summed E-state index contributed by atoms with van der Waals surface area (Å²) in [5, 5.41) is 0. The van der Waals surface area contributed by atoms with Crippen LogP contribution in [0.15, 0.2) is 0 Å². The minimum Gasteiger partial charge on any atom is -0.379 e. The maximum absolute atomic E-state index is 5.29. The molecule has 1 saturated heterocycles. The Bertz CT molecular complexity index is 209. The monoisotopic (exact) mass is 213 g/mol. The molecule has 15 heavy (non-hydrogen) atoms. The first-order valence-corrected chi connectivity index (χ1v) is 5.80. The molecule has 0 atom stereocenters. The maximum Gasteiger partial charge on any atom is 0.280 e. The van der Waals surface area contributed by atoms with Crippen molar-refractivity contribution in [3.05, 3.63) is 4.85 Å². The zero-order chi connectivity index (χ0) is 11.7. The summed E-state index contributed by atoms with van der Waals surface area (Å²) in [5.74, 6) is 0. The second-order valence-electron chi connectivity index (χ2n) is 4.11. The van der Waals surface area contributed by atoms with Crippen molar-refractivity contribution in [1.29, 1.82) is 0 Å². The van der Waals surface area contributed by atoms with E-state index < -0.39 is 0 Å². The van der Waals surface area contributed by atoms with Gasteiger partial charge in [-0.05, 0) is 13.8 Å². The summed E-state index contributed by atoms with van der Waals surface area (Å²) in [5.41, 5.74) is 0.0616. The third-order valence-corrected chi connectivity index (χ3v) is 2.14. The fraction of sp³-hybridized carbons (Fsp3) is 0.917. The minimum atomic E-state index is 0.0616. The van der Waals surface area contributed by atoms with Gasteiger partial charge in [-0.25, -0.2) is 0 Å². The summed E-state index contributed by atoms with van der Waals surface area (Å²) >= 11 is 0. The van der Waals surface area contributed by atoms with Gasteiger partial charge < -0.3 is 4.74 Å². The molecule has 0 aliphatic carbocycles. The minimum absolute atomic E-state index is 0.0616. The molecule has 1 aliphatic rings. The van der Waals surface area contributed by atoms with Crippen molar-refractivity contribution in [1.82, 2.24) is 4.90 Å². The molecule has 0 bridgehead atoms. The molecular formula is C12H25N2O+. The second kappa shape index (κ2) is 7.67. The van der Waals surface area contributed by atoms with Crippen molar-refractivity contribution in [2.24, 2.45) is 5.41 Å². The Morgan fingerprint density at radius 3 is 2.27 bits per heavy atom. The van der Waals surface area contributed by atoms with Gasteiger partial charge in [0.1, 0.15) is 5.41 Å². The van der Waals surface area contributed by atoms with Crippen molar-refractivity contribution >= 4 is 0 Å². The topological polar surface area (TPSA) is 16.8 Å².